The molecule has 0 aliphatic carbocycles. The third-order valence-corrected chi connectivity index (χ3v) is 4.41. The highest BCUT2D eigenvalue weighted by atomic mass is 35.5. The zero-order valence-corrected chi connectivity index (χ0v) is 11.8. The van der Waals surface area contributed by atoms with Gasteiger partial charge in [-0.15, -0.1) is 0 Å². The number of benzene rings is 1. The predicted octanol–water partition coefficient (Wildman–Crippen LogP) is 2.27. The first-order chi connectivity index (χ1) is 8.47. The van der Waals surface area contributed by atoms with Gasteiger partial charge in [0.2, 0.25) is 0 Å². The Bertz CT molecular complexity index is 609. The van der Waals surface area contributed by atoms with Crippen molar-refractivity contribution in [1.29, 1.82) is 0 Å². The van der Waals surface area contributed by atoms with Crippen molar-refractivity contribution in [1.82, 2.24) is 9.78 Å². The molecule has 1 heterocycles. The van der Waals surface area contributed by atoms with E-state index in [1.54, 1.807) is 22.9 Å². The van der Waals surface area contributed by atoms with Crippen molar-refractivity contribution in [3.05, 3.63) is 40.7 Å². The summed E-state index contributed by atoms with van der Waals surface area (Å²) in [7, 11) is 0.638. The number of aryl methyl sites for hydroxylation is 2. The van der Waals surface area contributed by atoms with E-state index in [4.69, 9.17) is 17.3 Å². The molecule has 0 saturated carbocycles. The number of hydrogen-bond acceptors (Lipinski definition) is 3. The molecule has 2 aromatic rings. The third-order valence-electron chi connectivity index (χ3n) is 2.58. The van der Waals surface area contributed by atoms with Gasteiger partial charge in [0.1, 0.15) is 0 Å². The molecule has 2 rings (SSSR count). The van der Waals surface area contributed by atoms with Gasteiger partial charge >= 0.3 is 0 Å². The van der Waals surface area contributed by atoms with Crippen molar-refractivity contribution >= 4 is 28.1 Å². The van der Waals surface area contributed by atoms with Crippen LogP contribution in [-0.2, 0) is 23.6 Å². The molecule has 96 valence electrons. The molecule has 0 saturated heterocycles. The number of anilines is 1. The summed E-state index contributed by atoms with van der Waals surface area (Å²) in [5.41, 5.74) is 8.00. The van der Waals surface area contributed by atoms with Crippen LogP contribution in [0.4, 0.5) is 5.69 Å². The quantitative estimate of drug-likeness (QED) is 0.879. The molecule has 1 aromatic carbocycles. The number of nitrogens with two attached hydrogens (primary N) is 1. The van der Waals surface area contributed by atoms with Gasteiger partial charge in [0.05, 0.1) is 37.9 Å². The van der Waals surface area contributed by atoms with E-state index in [2.05, 4.69) is 5.10 Å². The number of aromatic nitrogens is 2. The van der Waals surface area contributed by atoms with Crippen LogP contribution in [0.1, 0.15) is 11.4 Å². The third kappa shape index (κ3) is 2.73. The van der Waals surface area contributed by atoms with Gasteiger partial charge < -0.3 is 5.73 Å². The van der Waals surface area contributed by atoms with E-state index >= 15 is 0 Å². The summed E-state index contributed by atoms with van der Waals surface area (Å²) < 4.78 is 14.0. The SMILES string of the molecule is Cc1cc(CS(=O)c2ccc(N)cc2Cl)n(C)n1. The lowest BCUT2D eigenvalue weighted by atomic mass is 10.3. The van der Waals surface area contributed by atoms with Crippen LogP contribution < -0.4 is 5.73 Å². The van der Waals surface area contributed by atoms with Crippen LogP contribution in [0, 0.1) is 6.92 Å². The first-order valence-corrected chi connectivity index (χ1v) is 7.10. The minimum Gasteiger partial charge on any atom is -0.399 e. The topological polar surface area (TPSA) is 60.9 Å². The van der Waals surface area contributed by atoms with Crippen LogP contribution >= 0.6 is 11.6 Å². The minimum absolute atomic E-state index is 0.390. The van der Waals surface area contributed by atoms with Crippen molar-refractivity contribution in [2.24, 2.45) is 7.05 Å². The fraction of sp³-hybridized carbons (Fsp3) is 0.250. The smallest absolute Gasteiger partial charge is 0.0703 e. The van der Waals surface area contributed by atoms with Crippen LogP contribution in [-0.4, -0.2) is 14.0 Å². The lowest BCUT2D eigenvalue weighted by molar-refractivity contribution is 0.676. The molecule has 1 aromatic heterocycles. The number of halogens is 1. The lowest BCUT2D eigenvalue weighted by Gasteiger charge is -2.05. The maximum absolute atomic E-state index is 12.3. The maximum Gasteiger partial charge on any atom is 0.0703 e. The summed E-state index contributed by atoms with van der Waals surface area (Å²) in [6.45, 7) is 1.91. The monoisotopic (exact) mass is 283 g/mol. The predicted molar refractivity (Wildman–Crippen MR) is 73.9 cm³/mol. The van der Waals surface area contributed by atoms with E-state index in [0.717, 1.165) is 11.4 Å². The van der Waals surface area contributed by atoms with Gasteiger partial charge in [0.25, 0.3) is 0 Å². The number of hydrogen-bond donors (Lipinski definition) is 1. The fourth-order valence-electron chi connectivity index (χ4n) is 1.71. The van der Waals surface area contributed by atoms with Crippen molar-refractivity contribution in [3.8, 4) is 0 Å². The van der Waals surface area contributed by atoms with Gasteiger partial charge in [0, 0.05) is 12.7 Å². The summed E-state index contributed by atoms with van der Waals surface area (Å²) >= 11 is 6.04. The van der Waals surface area contributed by atoms with E-state index in [1.165, 1.54) is 0 Å². The summed E-state index contributed by atoms with van der Waals surface area (Å²) in [6, 6.07) is 6.94. The molecule has 0 aliphatic rings. The van der Waals surface area contributed by atoms with Gasteiger partial charge in [-0.1, -0.05) is 11.6 Å². The first-order valence-electron chi connectivity index (χ1n) is 5.40. The number of rotatable bonds is 3. The minimum atomic E-state index is -1.20. The number of nitrogens with zero attached hydrogens (tertiary/aromatic N) is 2. The van der Waals surface area contributed by atoms with Crippen LogP contribution in [0.5, 0.6) is 0 Å². The van der Waals surface area contributed by atoms with E-state index in [9.17, 15) is 4.21 Å². The Hall–Kier alpha value is -1.33. The first kappa shape index (κ1) is 13.1. The van der Waals surface area contributed by atoms with Crippen molar-refractivity contribution < 1.29 is 4.21 Å². The molecular weight excluding hydrogens is 270 g/mol. The Morgan fingerprint density at radius 1 is 1.44 bits per heavy atom. The average molecular weight is 284 g/mol. The summed E-state index contributed by atoms with van der Waals surface area (Å²) in [5.74, 6) is 0.390. The van der Waals surface area contributed by atoms with Gasteiger partial charge in [-0.25, -0.2) is 0 Å². The van der Waals surface area contributed by atoms with Crippen molar-refractivity contribution in [3.63, 3.8) is 0 Å². The van der Waals surface area contributed by atoms with E-state index < -0.39 is 10.8 Å². The molecule has 0 amide bonds. The van der Waals surface area contributed by atoms with Gasteiger partial charge in [0.15, 0.2) is 0 Å². The van der Waals surface area contributed by atoms with Crippen LogP contribution in [0.2, 0.25) is 5.02 Å². The molecule has 1 atom stereocenters. The summed E-state index contributed by atoms with van der Waals surface area (Å²) in [6.07, 6.45) is 0. The zero-order valence-electron chi connectivity index (χ0n) is 10.2. The highest BCUT2D eigenvalue weighted by molar-refractivity contribution is 7.84. The highest BCUT2D eigenvalue weighted by Crippen LogP contribution is 2.24. The average Bonchev–Trinajstić information content (AvgIpc) is 2.57. The molecule has 6 heteroatoms. The second-order valence-electron chi connectivity index (χ2n) is 4.08. The Kier molecular flexibility index (Phi) is 3.73. The maximum atomic E-state index is 12.3. The molecular formula is C12H14ClN3OS. The van der Waals surface area contributed by atoms with Crippen LogP contribution in [0.3, 0.4) is 0 Å². The Morgan fingerprint density at radius 3 is 2.72 bits per heavy atom. The summed E-state index contributed by atoms with van der Waals surface area (Å²) in [4.78, 5) is 0.602. The Balaban J connectivity index is 2.24. The Morgan fingerprint density at radius 2 is 2.17 bits per heavy atom. The molecule has 0 fully saturated rings. The normalized spacial score (nSPS) is 12.6. The summed E-state index contributed by atoms with van der Waals surface area (Å²) in [5, 5.41) is 4.66. The van der Waals surface area contributed by atoms with Crippen LogP contribution in [0.15, 0.2) is 29.2 Å². The molecule has 18 heavy (non-hydrogen) atoms. The van der Waals surface area contributed by atoms with Gasteiger partial charge in [-0.3, -0.25) is 8.89 Å². The van der Waals surface area contributed by atoms with E-state index in [0.29, 0.717) is 21.4 Å². The van der Waals surface area contributed by atoms with Crippen molar-refractivity contribution in [2.45, 2.75) is 17.6 Å². The highest BCUT2D eigenvalue weighted by Gasteiger charge is 2.12. The fourth-order valence-corrected chi connectivity index (χ4v) is 3.35. The molecule has 0 bridgehead atoms. The largest absolute Gasteiger partial charge is 0.399 e. The van der Waals surface area contributed by atoms with E-state index in [1.807, 2.05) is 20.0 Å². The molecule has 1 unspecified atom stereocenters. The van der Waals surface area contributed by atoms with Gasteiger partial charge in [-0.2, -0.15) is 5.10 Å². The zero-order chi connectivity index (χ0) is 13.3. The lowest BCUT2D eigenvalue weighted by Crippen LogP contribution is -2.03. The molecule has 0 spiro atoms. The van der Waals surface area contributed by atoms with Crippen LogP contribution in [0.25, 0.3) is 0 Å². The second kappa shape index (κ2) is 5.12. The molecule has 2 N–H and O–H groups in total. The number of nitrogen functional groups attached to an aromatic ring is 1. The van der Waals surface area contributed by atoms with Gasteiger partial charge in [-0.05, 0) is 31.2 Å². The Labute approximate surface area is 113 Å². The standard InChI is InChI=1S/C12H14ClN3OS/c1-8-5-10(16(2)15-8)7-18(17)12-4-3-9(14)6-11(12)13/h3-6H,7,14H2,1-2H3. The second-order valence-corrected chi connectivity index (χ2v) is 5.91. The molecule has 4 nitrogen and oxygen atoms in total. The molecule has 0 radical (unpaired) electrons. The molecule has 0 aliphatic heterocycles. The van der Waals surface area contributed by atoms with Crippen molar-refractivity contribution in [2.75, 3.05) is 5.73 Å². The van der Waals surface area contributed by atoms with E-state index in [-0.39, 0.29) is 0 Å².